The number of aromatic nitrogens is 3. The maximum absolute atomic E-state index is 11.0. The molecule has 82 valence electrons. The van der Waals surface area contributed by atoms with E-state index in [0.29, 0.717) is 5.92 Å². The molecular formula is C9H13N3O3. The zero-order valence-electron chi connectivity index (χ0n) is 8.46. The number of esters is 1. The van der Waals surface area contributed by atoms with Gasteiger partial charge in [0, 0.05) is 6.54 Å². The van der Waals surface area contributed by atoms with Gasteiger partial charge in [0.25, 0.3) is 0 Å². The van der Waals surface area contributed by atoms with Crippen LogP contribution in [0.25, 0.3) is 0 Å². The first-order valence-corrected chi connectivity index (χ1v) is 4.86. The van der Waals surface area contributed by atoms with E-state index in [9.17, 15) is 9.90 Å². The third kappa shape index (κ3) is 2.33. The second-order valence-electron chi connectivity index (χ2n) is 3.73. The minimum Gasteiger partial charge on any atom is -0.467 e. The Labute approximate surface area is 86.8 Å². The van der Waals surface area contributed by atoms with Crippen LogP contribution in [0.15, 0.2) is 6.20 Å². The summed E-state index contributed by atoms with van der Waals surface area (Å²) in [5, 5.41) is 17.0. The quantitative estimate of drug-likeness (QED) is 0.703. The molecule has 15 heavy (non-hydrogen) atoms. The highest BCUT2D eigenvalue weighted by Crippen LogP contribution is 2.30. The Morgan fingerprint density at radius 3 is 3.13 bits per heavy atom. The van der Waals surface area contributed by atoms with E-state index in [1.54, 1.807) is 10.9 Å². The van der Waals surface area contributed by atoms with Crippen molar-refractivity contribution in [1.29, 1.82) is 0 Å². The standard InChI is InChI=1S/C9H13N3O3/c1-15-9(14)8(13)7-5-12(11-10-7)4-6-2-3-6/h5-6,8,13H,2-4H2,1H3. The zero-order valence-corrected chi connectivity index (χ0v) is 8.46. The number of carbonyl (C=O) groups is 1. The van der Waals surface area contributed by atoms with Gasteiger partial charge in [0.05, 0.1) is 13.3 Å². The molecule has 0 bridgehead atoms. The summed E-state index contributed by atoms with van der Waals surface area (Å²) in [6, 6.07) is 0. The second kappa shape index (κ2) is 3.98. The molecule has 0 saturated heterocycles. The highest BCUT2D eigenvalue weighted by molar-refractivity contribution is 5.75. The van der Waals surface area contributed by atoms with E-state index < -0.39 is 12.1 Å². The molecule has 0 aliphatic heterocycles. The summed E-state index contributed by atoms with van der Waals surface area (Å²) in [5.41, 5.74) is 0.238. The fourth-order valence-electron chi connectivity index (χ4n) is 1.33. The number of carbonyl (C=O) groups excluding carboxylic acids is 1. The predicted molar refractivity (Wildman–Crippen MR) is 49.7 cm³/mol. The van der Waals surface area contributed by atoms with Crippen LogP contribution in [0.3, 0.4) is 0 Å². The lowest BCUT2D eigenvalue weighted by Crippen LogP contribution is -2.13. The fourth-order valence-corrected chi connectivity index (χ4v) is 1.33. The summed E-state index contributed by atoms with van der Waals surface area (Å²) in [7, 11) is 1.22. The second-order valence-corrected chi connectivity index (χ2v) is 3.73. The average molecular weight is 211 g/mol. The zero-order chi connectivity index (χ0) is 10.8. The average Bonchev–Trinajstić information content (AvgIpc) is 2.93. The smallest absolute Gasteiger partial charge is 0.341 e. The normalized spacial score (nSPS) is 17.5. The van der Waals surface area contributed by atoms with E-state index in [1.165, 1.54) is 20.0 Å². The van der Waals surface area contributed by atoms with Gasteiger partial charge in [0.2, 0.25) is 0 Å². The minimum atomic E-state index is -1.33. The third-order valence-electron chi connectivity index (χ3n) is 2.40. The van der Waals surface area contributed by atoms with Crippen molar-refractivity contribution in [3.8, 4) is 0 Å². The van der Waals surface area contributed by atoms with Crippen molar-refractivity contribution in [3.05, 3.63) is 11.9 Å². The summed E-state index contributed by atoms with van der Waals surface area (Å²) in [5.74, 6) is -0.0386. The number of methoxy groups -OCH3 is 1. The molecule has 1 fully saturated rings. The van der Waals surface area contributed by atoms with Crippen LogP contribution in [-0.2, 0) is 16.1 Å². The number of aliphatic hydroxyl groups is 1. The number of rotatable bonds is 4. The Kier molecular flexibility index (Phi) is 2.68. The van der Waals surface area contributed by atoms with Gasteiger partial charge in [-0.25, -0.2) is 4.79 Å². The number of hydrogen-bond donors (Lipinski definition) is 1. The lowest BCUT2D eigenvalue weighted by Gasteiger charge is -2.02. The van der Waals surface area contributed by atoms with Gasteiger partial charge in [-0.05, 0) is 18.8 Å². The van der Waals surface area contributed by atoms with Crippen LogP contribution in [-0.4, -0.2) is 33.2 Å². The van der Waals surface area contributed by atoms with Gasteiger partial charge in [-0.3, -0.25) is 4.68 Å². The molecule has 1 unspecified atom stereocenters. The van der Waals surface area contributed by atoms with Gasteiger partial charge in [-0.15, -0.1) is 5.10 Å². The summed E-state index contributed by atoms with van der Waals surface area (Å²) < 4.78 is 6.06. The summed E-state index contributed by atoms with van der Waals surface area (Å²) >= 11 is 0. The highest BCUT2D eigenvalue weighted by atomic mass is 16.5. The van der Waals surface area contributed by atoms with Crippen LogP contribution in [0.1, 0.15) is 24.6 Å². The van der Waals surface area contributed by atoms with E-state index in [-0.39, 0.29) is 5.69 Å². The molecule has 6 heteroatoms. The first-order chi connectivity index (χ1) is 7.20. The van der Waals surface area contributed by atoms with Gasteiger partial charge >= 0.3 is 5.97 Å². The van der Waals surface area contributed by atoms with Gasteiger partial charge in [-0.1, -0.05) is 5.21 Å². The third-order valence-corrected chi connectivity index (χ3v) is 2.40. The SMILES string of the molecule is COC(=O)C(O)c1cn(CC2CC2)nn1. The van der Waals surface area contributed by atoms with Gasteiger partial charge in [0.1, 0.15) is 5.69 Å². The number of nitrogens with zero attached hydrogens (tertiary/aromatic N) is 3. The molecule has 0 aromatic carbocycles. The molecule has 1 aliphatic rings. The van der Waals surface area contributed by atoms with Crippen LogP contribution >= 0.6 is 0 Å². The topological polar surface area (TPSA) is 77.2 Å². The molecule has 0 spiro atoms. The summed E-state index contributed by atoms with van der Waals surface area (Å²) in [6.07, 6.45) is 2.69. The van der Waals surface area contributed by atoms with Crippen molar-refractivity contribution in [2.75, 3.05) is 7.11 Å². The Hall–Kier alpha value is -1.43. The Bertz CT molecular complexity index is 359. The van der Waals surface area contributed by atoms with Crippen LogP contribution in [0, 0.1) is 5.92 Å². The molecular weight excluding hydrogens is 198 g/mol. The van der Waals surface area contributed by atoms with Gasteiger partial charge in [0.15, 0.2) is 6.10 Å². The monoisotopic (exact) mass is 211 g/mol. The summed E-state index contributed by atoms with van der Waals surface area (Å²) in [4.78, 5) is 11.0. The predicted octanol–water partition coefficient (Wildman–Crippen LogP) is -0.106. The molecule has 6 nitrogen and oxygen atoms in total. The van der Waals surface area contributed by atoms with E-state index in [0.717, 1.165) is 6.54 Å². The van der Waals surface area contributed by atoms with E-state index >= 15 is 0 Å². The molecule has 1 aromatic rings. The van der Waals surface area contributed by atoms with Crippen molar-refractivity contribution in [3.63, 3.8) is 0 Å². The molecule has 2 rings (SSSR count). The van der Waals surface area contributed by atoms with Crippen molar-refractivity contribution in [2.45, 2.75) is 25.5 Å². The fraction of sp³-hybridized carbons (Fsp3) is 0.667. The molecule has 1 saturated carbocycles. The van der Waals surface area contributed by atoms with Crippen LogP contribution in [0.5, 0.6) is 0 Å². The van der Waals surface area contributed by atoms with E-state index in [1.807, 2.05) is 0 Å². The molecule has 1 aromatic heterocycles. The van der Waals surface area contributed by atoms with E-state index in [2.05, 4.69) is 15.0 Å². The number of ether oxygens (including phenoxy) is 1. The highest BCUT2D eigenvalue weighted by Gasteiger charge is 2.25. The summed E-state index contributed by atoms with van der Waals surface area (Å²) in [6.45, 7) is 0.806. The molecule has 1 atom stereocenters. The molecule has 1 aliphatic carbocycles. The van der Waals surface area contributed by atoms with Crippen molar-refractivity contribution < 1.29 is 14.6 Å². The Morgan fingerprint density at radius 2 is 2.53 bits per heavy atom. The van der Waals surface area contributed by atoms with Crippen LogP contribution in [0.2, 0.25) is 0 Å². The van der Waals surface area contributed by atoms with Crippen molar-refractivity contribution in [1.82, 2.24) is 15.0 Å². The largest absolute Gasteiger partial charge is 0.467 e. The van der Waals surface area contributed by atoms with Crippen molar-refractivity contribution in [2.24, 2.45) is 5.92 Å². The number of hydrogen-bond acceptors (Lipinski definition) is 5. The maximum atomic E-state index is 11.0. The molecule has 1 N–H and O–H groups in total. The molecule has 0 radical (unpaired) electrons. The van der Waals surface area contributed by atoms with Gasteiger partial charge < -0.3 is 9.84 Å². The Morgan fingerprint density at radius 1 is 1.80 bits per heavy atom. The maximum Gasteiger partial charge on any atom is 0.341 e. The molecule has 0 amide bonds. The lowest BCUT2D eigenvalue weighted by molar-refractivity contribution is -0.150. The number of aliphatic hydroxyl groups excluding tert-OH is 1. The minimum absolute atomic E-state index is 0.238. The van der Waals surface area contributed by atoms with Crippen LogP contribution < -0.4 is 0 Å². The van der Waals surface area contributed by atoms with Crippen molar-refractivity contribution >= 4 is 5.97 Å². The lowest BCUT2D eigenvalue weighted by atomic mass is 10.3. The first-order valence-electron chi connectivity index (χ1n) is 4.86. The van der Waals surface area contributed by atoms with Gasteiger partial charge in [-0.2, -0.15) is 0 Å². The Balaban J connectivity index is 2.01. The van der Waals surface area contributed by atoms with E-state index in [4.69, 9.17) is 0 Å². The first kappa shape index (κ1) is 10.1. The van der Waals surface area contributed by atoms with Crippen LogP contribution in [0.4, 0.5) is 0 Å². The molecule has 1 heterocycles.